The molecule has 1 fully saturated rings. The molecule has 2 N–H and O–H groups in total. The number of hydrogen-bond donors (Lipinski definition) is 2. The first-order valence-corrected chi connectivity index (χ1v) is 8.76. The predicted molar refractivity (Wildman–Crippen MR) is 95.3 cm³/mol. The van der Waals surface area contributed by atoms with Crippen molar-refractivity contribution in [2.24, 2.45) is 11.8 Å². The molecule has 7 heteroatoms. The maximum atomic E-state index is 12.4. The average molecular weight is 357 g/mol. The Balaban J connectivity index is 1.62. The van der Waals surface area contributed by atoms with Gasteiger partial charge in [-0.15, -0.1) is 0 Å². The van der Waals surface area contributed by atoms with Crippen LogP contribution in [0.25, 0.3) is 5.69 Å². The SMILES string of the molecule is Cc1ccnn1-c1ccc(C(=O)NCC(C(=O)O)C2CCOCC2)cc1. The van der Waals surface area contributed by atoms with Crippen LogP contribution in [-0.2, 0) is 9.53 Å². The standard InChI is InChI=1S/C19H23N3O4/c1-13-6-9-21-22(13)16-4-2-15(3-5-16)18(23)20-12-17(19(24)25)14-7-10-26-11-8-14/h2-6,9,14,17H,7-8,10-12H2,1H3,(H,20,23)(H,24,25). The Morgan fingerprint density at radius 3 is 2.54 bits per heavy atom. The predicted octanol–water partition coefficient (Wildman–Crippen LogP) is 2.04. The lowest BCUT2D eigenvalue weighted by Crippen LogP contribution is -2.39. The number of hydrogen-bond acceptors (Lipinski definition) is 4. The zero-order valence-electron chi connectivity index (χ0n) is 14.7. The second-order valence-electron chi connectivity index (χ2n) is 6.54. The lowest BCUT2D eigenvalue weighted by atomic mass is 9.86. The van der Waals surface area contributed by atoms with Crippen LogP contribution in [0.5, 0.6) is 0 Å². The number of nitrogens with one attached hydrogen (secondary N) is 1. The number of carboxylic acids is 1. The van der Waals surface area contributed by atoms with E-state index in [0.29, 0.717) is 31.6 Å². The number of nitrogens with zero attached hydrogens (tertiary/aromatic N) is 2. The molecule has 1 aliphatic heterocycles. The Morgan fingerprint density at radius 2 is 1.96 bits per heavy atom. The molecule has 1 saturated heterocycles. The number of aromatic nitrogens is 2. The zero-order chi connectivity index (χ0) is 18.5. The maximum absolute atomic E-state index is 12.4. The first kappa shape index (κ1) is 18.1. The highest BCUT2D eigenvalue weighted by molar-refractivity contribution is 5.94. The molecule has 1 atom stereocenters. The summed E-state index contributed by atoms with van der Waals surface area (Å²) < 4.78 is 7.07. The van der Waals surface area contributed by atoms with Gasteiger partial charge in [0.05, 0.1) is 11.6 Å². The van der Waals surface area contributed by atoms with Crippen molar-refractivity contribution in [2.75, 3.05) is 19.8 Å². The summed E-state index contributed by atoms with van der Waals surface area (Å²) in [5.41, 5.74) is 2.37. The van der Waals surface area contributed by atoms with Gasteiger partial charge in [0.25, 0.3) is 5.91 Å². The largest absolute Gasteiger partial charge is 0.481 e. The van der Waals surface area contributed by atoms with Crippen molar-refractivity contribution in [3.8, 4) is 5.69 Å². The van der Waals surface area contributed by atoms with E-state index in [-0.39, 0.29) is 18.4 Å². The van der Waals surface area contributed by atoms with Gasteiger partial charge in [-0.2, -0.15) is 5.10 Å². The molecular formula is C19H23N3O4. The number of rotatable bonds is 6. The molecule has 0 aliphatic carbocycles. The lowest BCUT2D eigenvalue weighted by Gasteiger charge is -2.27. The summed E-state index contributed by atoms with van der Waals surface area (Å²) in [6, 6.07) is 8.99. The fourth-order valence-electron chi connectivity index (χ4n) is 3.27. The number of carboxylic acid groups (broad SMARTS) is 1. The van der Waals surface area contributed by atoms with Gasteiger partial charge in [-0.1, -0.05) is 0 Å². The zero-order valence-corrected chi connectivity index (χ0v) is 14.7. The van der Waals surface area contributed by atoms with E-state index in [1.165, 1.54) is 0 Å². The molecule has 26 heavy (non-hydrogen) atoms. The van der Waals surface area contributed by atoms with Crippen LogP contribution in [0.3, 0.4) is 0 Å². The Hall–Kier alpha value is -2.67. The van der Waals surface area contributed by atoms with Crippen LogP contribution >= 0.6 is 0 Å². The summed E-state index contributed by atoms with van der Waals surface area (Å²) in [5, 5.41) is 16.5. The minimum absolute atomic E-state index is 0.0340. The van der Waals surface area contributed by atoms with Gasteiger partial charge in [0, 0.05) is 37.2 Å². The van der Waals surface area contributed by atoms with Gasteiger partial charge in [-0.25, -0.2) is 4.68 Å². The lowest BCUT2D eigenvalue weighted by molar-refractivity contribution is -0.144. The van der Waals surface area contributed by atoms with Gasteiger partial charge in [-0.05, 0) is 56.0 Å². The first-order chi connectivity index (χ1) is 12.6. The molecule has 1 unspecified atom stereocenters. The Bertz CT molecular complexity index is 763. The molecule has 2 heterocycles. The average Bonchev–Trinajstić information content (AvgIpc) is 3.08. The molecule has 1 aromatic heterocycles. The van der Waals surface area contributed by atoms with Crippen molar-refractivity contribution in [1.29, 1.82) is 0 Å². The minimum Gasteiger partial charge on any atom is -0.481 e. The second kappa shape index (κ2) is 8.14. The van der Waals surface area contributed by atoms with Gasteiger partial charge in [0.15, 0.2) is 0 Å². The van der Waals surface area contributed by atoms with Crippen molar-refractivity contribution in [2.45, 2.75) is 19.8 Å². The van der Waals surface area contributed by atoms with E-state index >= 15 is 0 Å². The summed E-state index contributed by atoms with van der Waals surface area (Å²) in [6.07, 6.45) is 3.15. The van der Waals surface area contributed by atoms with Gasteiger partial charge >= 0.3 is 5.97 Å². The van der Waals surface area contributed by atoms with Crippen LogP contribution < -0.4 is 5.32 Å². The molecule has 0 bridgehead atoms. The highest BCUT2D eigenvalue weighted by Gasteiger charge is 2.30. The van der Waals surface area contributed by atoms with E-state index in [0.717, 1.165) is 11.4 Å². The van der Waals surface area contributed by atoms with E-state index in [9.17, 15) is 14.7 Å². The van der Waals surface area contributed by atoms with E-state index in [1.807, 2.05) is 25.1 Å². The van der Waals surface area contributed by atoms with Crippen LogP contribution in [0.1, 0.15) is 28.9 Å². The number of ether oxygens (including phenoxy) is 1. The second-order valence-corrected chi connectivity index (χ2v) is 6.54. The third kappa shape index (κ3) is 4.11. The van der Waals surface area contributed by atoms with Gasteiger partial charge in [-0.3, -0.25) is 9.59 Å². The molecular weight excluding hydrogens is 334 g/mol. The maximum Gasteiger partial charge on any atom is 0.308 e. The van der Waals surface area contributed by atoms with E-state index in [4.69, 9.17) is 4.74 Å². The summed E-state index contributed by atoms with van der Waals surface area (Å²) in [7, 11) is 0. The monoisotopic (exact) mass is 357 g/mol. The Kier molecular flexibility index (Phi) is 5.68. The number of benzene rings is 1. The molecule has 3 rings (SSSR count). The molecule has 7 nitrogen and oxygen atoms in total. The van der Waals surface area contributed by atoms with E-state index in [2.05, 4.69) is 10.4 Å². The molecule has 1 amide bonds. The molecule has 138 valence electrons. The van der Waals surface area contributed by atoms with Crippen molar-refractivity contribution < 1.29 is 19.4 Å². The summed E-state index contributed by atoms with van der Waals surface area (Å²) in [5.74, 6) is -1.70. The van der Waals surface area contributed by atoms with Crippen LogP contribution in [0.4, 0.5) is 0 Å². The molecule has 1 aliphatic rings. The number of amides is 1. The van der Waals surface area contributed by atoms with Crippen molar-refractivity contribution >= 4 is 11.9 Å². The van der Waals surface area contributed by atoms with Gasteiger partial charge in [0.2, 0.25) is 0 Å². The Labute approximate surface area is 152 Å². The first-order valence-electron chi connectivity index (χ1n) is 8.76. The van der Waals surface area contributed by atoms with Crippen LogP contribution in [0.15, 0.2) is 36.5 Å². The van der Waals surface area contributed by atoms with Crippen molar-refractivity contribution in [3.63, 3.8) is 0 Å². The fourth-order valence-corrected chi connectivity index (χ4v) is 3.27. The fraction of sp³-hybridized carbons (Fsp3) is 0.421. The highest BCUT2D eigenvalue weighted by Crippen LogP contribution is 2.24. The summed E-state index contributed by atoms with van der Waals surface area (Å²) >= 11 is 0. The summed E-state index contributed by atoms with van der Waals surface area (Å²) in [6.45, 7) is 3.24. The van der Waals surface area contributed by atoms with Gasteiger partial charge in [0.1, 0.15) is 0 Å². The Morgan fingerprint density at radius 1 is 1.27 bits per heavy atom. The topological polar surface area (TPSA) is 93.5 Å². The number of aliphatic carboxylic acids is 1. The van der Waals surface area contributed by atoms with E-state index < -0.39 is 11.9 Å². The minimum atomic E-state index is -0.873. The van der Waals surface area contributed by atoms with Crippen LogP contribution in [0, 0.1) is 18.8 Å². The molecule has 0 saturated carbocycles. The van der Waals surface area contributed by atoms with Crippen molar-refractivity contribution in [3.05, 3.63) is 47.8 Å². The number of aryl methyl sites for hydroxylation is 1. The highest BCUT2D eigenvalue weighted by atomic mass is 16.5. The summed E-state index contributed by atoms with van der Waals surface area (Å²) in [4.78, 5) is 23.9. The van der Waals surface area contributed by atoms with Gasteiger partial charge < -0.3 is 15.2 Å². The van der Waals surface area contributed by atoms with Crippen LogP contribution in [0.2, 0.25) is 0 Å². The molecule has 0 radical (unpaired) electrons. The third-order valence-electron chi connectivity index (χ3n) is 4.84. The molecule has 2 aromatic rings. The number of carbonyl (C=O) groups excluding carboxylic acids is 1. The molecule has 0 spiro atoms. The number of carbonyl (C=O) groups is 2. The third-order valence-corrected chi connectivity index (χ3v) is 4.84. The molecule has 1 aromatic carbocycles. The smallest absolute Gasteiger partial charge is 0.308 e. The van der Waals surface area contributed by atoms with Crippen molar-refractivity contribution in [1.82, 2.24) is 15.1 Å². The van der Waals surface area contributed by atoms with Crippen LogP contribution in [-0.4, -0.2) is 46.5 Å². The normalized spacial score (nSPS) is 16.2. The quantitative estimate of drug-likeness (QED) is 0.825. The van der Waals surface area contributed by atoms with E-state index in [1.54, 1.807) is 23.0 Å².